The highest BCUT2D eigenvalue weighted by atomic mass is 35.5. The molecule has 0 bridgehead atoms. The van der Waals surface area contributed by atoms with Crippen LogP contribution in [0, 0.1) is 0 Å². The van der Waals surface area contributed by atoms with E-state index in [0.29, 0.717) is 41.6 Å². The summed E-state index contributed by atoms with van der Waals surface area (Å²) in [4.78, 5) is 26.6. The molecular weight excluding hydrogens is 326 g/mol. The monoisotopic (exact) mass is 345 g/mol. The fourth-order valence-corrected chi connectivity index (χ4v) is 3.03. The Kier molecular flexibility index (Phi) is 5.20. The average molecular weight is 346 g/mol. The van der Waals surface area contributed by atoms with E-state index in [1.165, 1.54) is 0 Å². The molecule has 6 heteroatoms. The summed E-state index contributed by atoms with van der Waals surface area (Å²) in [7, 11) is 0. The number of carbonyl (C=O) groups is 2. The molecule has 126 valence electrons. The van der Waals surface area contributed by atoms with Crippen molar-refractivity contribution >= 4 is 29.1 Å². The Labute approximate surface area is 146 Å². The topological polar surface area (TPSA) is 61.4 Å². The zero-order valence-corrected chi connectivity index (χ0v) is 14.1. The van der Waals surface area contributed by atoms with Crippen molar-refractivity contribution in [2.75, 3.05) is 17.7 Å². The second kappa shape index (κ2) is 7.53. The lowest BCUT2D eigenvalue weighted by atomic mass is 10.1. The molecule has 3 rings (SSSR count). The van der Waals surface area contributed by atoms with Crippen molar-refractivity contribution < 1.29 is 9.59 Å². The summed E-state index contributed by atoms with van der Waals surface area (Å²) in [6.07, 6.45) is 6.87. The van der Waals surface area contributed by atoms with Crippen LogP contribution >= 0.6 is 11.6 Å². The Morgan fingerprint density at radius 1 is 1.17 bits per heavy atom. The van der Waals surface area contributed by atoms with E-state index in [9.17, 15) is 9.59 Å². The zero-order chi connectivity index (χ0) is 16.9. The van der Waals surface area contributed by atoms with Crippen LogP contribution in [-0.2, 0) is 4.79 Å². The SMILES string of the molecule is O=C1NC2=C(Nc3ccccc31)N(C(=O)CCCCCCl)CC=C2. The molecule has 2 amide bonds. The number of nitrogens with zero attached hydrogens (tertiary/aromatic N) is 1. The van der Waals surface area contributed by atoms with Crippen LogP contribution < -0.4 is 10.6 Å². The van der Waals surface area contributed by atoms with E-state index >= 15 is 0 Å². The molecule has 0 aromatic heterocycles. The largest absolute Gasteiger partial charge is 0.339 e. The van der Waals surface area contributed by atoms with E-state index in [1.807, 2.05) is 30.4 Å². The molecular formula is C18H20ClN3O2. The molecule has 24 heavy (non-hydrogen) atoms. The van der Waals surface area contributed by atoms with E-state index < -0.39 is 0 Å². The molecule has 0 saturated carbocycles. The highest BCUT2D eigenvalue weighted by Crippen LogP contribution is 2.26. The van der Waals surface area contributed by atoms with E-state index in [2.05, 4.69) is 10.6 Å². The molecule has 0 spiro atoms. The highest BCUT2D eigenvalue weighted by molar-refractivity contribution is 6.17. The number of unbranched alkanes of at least 4 members (excludes halogenated alkanes) is 2. The summed E-state index contributed by atoms with van der Waals surface area (Å²) < 4.78 is 0. The van der Waals surface area contributed by atoms with E-state index in [4.69, 9.17) is 11.6 Å². The van der Waals surface area contributed by atoms with Crippen LogP contribution in [0.4, 0.5) is 5.69 Å². The van der Waals surface area contributed by atoms with Crippen molar-refractivity contribution in [2.24, 2.45) is 0 Å². The van der Waals surface area contributed by atoms with Gasteiger partial charge in [-0.1, -0.05) is 24.6 Å². The zero-order valence-electron chi connectivity index (χ0n) is 13.3. The van der Waals surface area contributed by atoms with Crippen LogP contribution in [0.1, 0.15) is 36.0 Å². The first-order valence-electron chi connectivity index (χ1n) is 8.15. The quantitative estimate of drug-likeness (QED) is 0.636. The number of anilines is 1. The lowest BCUT2D eigenvalue weighted by Gasteiger charge is -2.28. The van der Waals surface area contributed by atoms with Crippen molar-refractivity contribution in [2.45, 2.75) is 25.7 Å². The van der Waals surface area contributed by atoms with E-state index in [-0.39, 0.29) is 11.8 Å². The number of fused-ring (bicyclic) bond motifs is 1. The number of carbonyl (C=O) groups excluding carboxylic acids is 2. The van der Waals surface area contributed by atoms with Gasteiger partial charge in [-0.05, 0) is 31.1 Å². The van der Waals surface area contributed by atoms with Gasteiger partial charge in [-0.3, -0.25) is 14.5 Å². The van der Waals surface area contributed by atoms with Crippen LogP contribution in [0.2, 0.25) is 0 Å². The molecule has 2 heterocycles. The van der Waals surface area contributed by atoms with E-state index in [1.54, 1.807) is 11.0 Å². The number of allylic oxidation sites excluding steroid dienone is 1. The van der Waals surface area contributed by atoms with Crippen LogP contribution in [0.25, 0.3) is 0 Å². The smallest absolute Gasteiger partial charge is 0.257 e. The summed E-state index contributed by atoms with van der Waals surface area (Å²) in [5, 5.41) is 6.13. The summed E-state index contributed by atoms with van der Waals surface area (Å²) in [5.74, 6) is 1.13. The molecule has 1 aromatic carbocycles. The Bertz CT molecular complexity index is 712. The third-order valence-electron chi connectivity index (χ3n) is 4.10. The molecule has 0 aliphatic carbocycles. The maximum atomic E-state index is 12.6. The van der Waals surface area contributed by atoms with Crippen LogP contribution in [0.15, 0.2) is 47.9 Å². The first-order chi connectivity index (χ1) is 11.7. The fourth-order valence-electron chi connectivity index (χ4n) is 2.84. The Balaban J connectivity index is 1.80. The van der Waals surface area contributed by atoms with Gasteiger partial charge in [0.1, 0.15) is 5.82 Å². The van der Waals surface area contributed by atoms with Gasteiger partial charge in [-0.25, -0.2) is 0 Å². The number of rotatable bonds is 5. The number of hydrogen-bond donors (Lipinski definition) is 2. The first kappa shape index (κ1) is 16.6. The van der Waals surface area contributed by atoms with Crippen LogP contribution in [0.3, 0.4) is 0 Å². The van der Waals surface area contributed by atoms with Crippen molar-refractivity contribution in [3.8, 4) is 0 Å². The molecule has 0 saturated heterocycles. The van der Waals surface area contributed by atoms with Crippen molar-refractivity contribution in [1.82, 2.24) is 10.2 Å². The van der Waals surface area contributed by atoms with Gasteiger partial charge in [0, 0.05) is 18.8 Å². The standard InChI is InChI=1S/C18H20ClN3O2/c19-11-5-1-2-10-16(23)22-12-6-9-15-17(22)20-14-8-4-3-7-13(14)18(24)21-15/h3-4,6-9,20H,1-2,5,10-12H2,(H,21,24). The molecule has 2 aliphatic rings. The molecule has 0 radical (unpaired) electrons. The van der Waals surface area contributed by atoms with Gasteiger partial charge in [-0.2, -0.15) is 0 Å². The van der Waals surface area contributed by atoms with Gasteiger partial charge in [0.2, 0.25) is 5.91 Å². The van der Waals surface area contributed by atoms with Crippen LogP contribution in [-0.4, -0.2) is 29.1 Å². The van der Waals surface area contributed by atoms with Crippen molar-refractivity contribution in [3.05, 3.63) is 53.5 Å². The summed E-state index contributed by atoms with van der Waals surface area (Å²) in [5.41, 5.74) is 1.89. The minimum atomic E-state index is -0.177. The number of para-hydroxylation sites is 1. The van der Waals surface area contributed by atoms with Gasteiger partial charge in [0.15, 0.2) is 0 Å². The molecule has 0 unspecified atom stereocenters. The Hall–Kier alpha value is -2.27. The fraction of sp³-hybridized carbons (Fsp3) is 0.333. The van der Waals surface area contributed by atoms with Crippen LogP contribution in [0.5, 0.6) is 0 Å². The summed E-state index contributed by atoms with van der Waals surface area (Å²) in [6.45, 7) is 0.498. The number of nitrogens with one attached hydrogen (secondary N) is 2. The Morgan fingerprint density at radius 2 is 2.00 bits per heavy atom. The molecule has 5 nitrogen and oxygen atoms in total. The third-order valence-corrected chi connectivity index (χ3v) is 4.36. The number of alkyl halides is 1. The second-order valence-corrected chi connectivity index (χ2v) is 6.17. The lowest BCUT2D eigenvalue weighted by Crippen LogP contribution is -2.38. The summed E-state index contributed by atoms with van der Waals surface area (Å²) in [6, 6.07) is 7.28. The normalized spacial score (nSPS) is 16.0. The highest BCUT2D eigenvalue weighted by Gasteiger charge is 2.27. The maximum absolute atomic E-state index is 12.6. The molecule has 2 N–H and O–H groups in total. The Morgan fingerprint density at radius 3 is 2.83 bits per heavy atom. The average Bonchev–Trinajstić information content (AvgIpc) is 2.74. The molecule has 2 aliphatic heterocycles. The van der Waals surface area contributed by atoms with Crippen molar-refractivity contribution in [3.63, 3.8) is 0 Å². The van der Waals surface area contributed by atoms with Gasteiger partial charge in [0.25, 0.3) is 5.91 Å². The number of hydrogen-bond acceptors (Lipinski definition) is 3. The van der Waals surface area contributed by atoms with E-state index in [0.717, 1.165) is 19.3 Å². The number of halogens is 1. The third kappa shape index (κ3) is 3.46. The molecule has 0 atom stereocenters. The minimum Gasteiger partial charge on any atom is -0.339 e. The van der Waals surface area contributed by atoms with Gasteiger partial charge in [0.05, 0.1) is 16.9 Å². The number of benzene rings is 1. The minimum absolute atomic E-state index is 0.0440. The molecule has 1 aromatic rings. The predicted molar refractivity (Wildman–Crippen MR) is 94.6 cm³/mol. The maximum Gasteiger partial charge on any atom is 0.257 e. The van der Waals surface area contributed by atoms with Crippen molar-refractivity contribution in [1.29, 1.82) is 0 Å². The predicted octanol–water partition coefficient (Wildman–Crippen LogP) is 3.21. The first-order valence-corrected chi connectivity index (χ1v) is 8.68. The molecule has 0 fully saturated rings. The lowest BCUT2D eigenvalue weighted by molar-refractivity contribution is -0.129. The second-order valence-electron chi connectivity index (χ2n) is 5.79. The summed E-state index contributed by atoms with van der Waals surface area (Å²) >= 11 is 5.67. The van der Waals surface area contributed by atoms with Gasteiger partial charge >= 0.3 is 0 Å². The van der Waals surface area contributed by atoms with Gasteiger partial charge in [-0.15, -0.1) is 11.6 Å². The van der Waals surface area contributed by atoms with Gasteiger partial charge < -0.3 is 10.6 Å². The number of amides is 2.